The third-order valence-electron chi connectivity index (χ3n) is 6.25. The van der Waals surface area contributed by atoms with Crippen LogP contribution in [0.1, 0.15) is 44.2 Å². The van der Waals surface area contributed by atoms with Gasteiger partial charge in [0.25, 0.3) is 0 Å². The summed E-state index contributed by atoms with van der Waals surface area (Å²) in [6.45, 7) is 6.97. The van der Waals surface area contributed by atoms with E-state index in [1.807, 2.05) is 36.4 Å². The van der Waals surface area contributed by atoms with Crippen molar-refractivity contribution in [2.24, 2.45) is 0 Å². The van der Waals surface area contributed by atoms with Gasteiger partial charge in [-0.3, -0.25) is 0 Å². The normalized spacial score (nSPS) is 11.3. The van der Waals surface area contributed by atoms with Crippen molar-refractivity contribution in [2.75, 3.05) is 18.0 Å². The van der Waals surface area contributed by atoms with E-state index >= 15 is 0 Å². The molecule has 34 heavy (non-hydrogen) atoms. The fourth-order valence-corrected chi connectivity index (χ4v) is 4.36. The van der Waals surface area contributed by atoms with Crippen molar-refractivity contribution >= 4 is 39.7 Å². The van der Waals surface area contributed by atoms with Gasteiger partial charge in [0.1, 0.15) is 12.1 Å². The molecule has 2 heterocycles. The Morgan fingerprint density at radius 2 is 1.79 bits per heavy atom. The van der Waals surface area contributed by atoms with Crippen LogP contribution in [0.5, 0.6) is 0 Å². The lowest BCUT2D eigenvalue weighted by molar-refractivity contribution is -0.671. The molecule has 0 aliphatic rings. The fourth-order valence-electron chi connectivity index (χ4n) is 4.36. The molecule has 0 radical (unpaired) electrons. The third kappa shape index (κ3) is 5.05. The van der Waals surface area contributed by atoms with E-state index in [1.54, 1.807) is 0 Å². The van der Waals surface area contributed by atoms with Gasteiger partial charge in [-0.2, -0.15) is 4.57 Å². The minimum absolute atomic E-state index is 0.329. The van der Waals surface area contributed by atoms with Crippen LogP contribution in [0.4, 0.5) is 5.69 Å². The molecule has 2 aromatic carbocycles. The maximum atomic E-state index is 12.7. The second-order valence-electron chi connectivity index (χ2n) is 8.36. The van der Waals surface area contributed by atoms with E-state index in [1.165, 1.54) is 5.52 Å². The predicted molar refractivity (Wildman–Crippen MR) is 142 cm³/mol. The second-order valence-corrected chi connectivity index (χ2v) is 8.36. The van der Waals surface area contributed by atoms with Crippen molar-refractivity contribution in [1.29, 1.82) is 0 Å². The Bertz CT molecular complexity index is 1420. The Morgan fingerprint density at radius 3 is 2.59 bits per heavy atom. The van der Waals surface area contributed by atoms with E-state index in [9.17, 15) is 4.79 Å². The van der Waals surface area contributed by atoms with Gasteiger partial charge in [0.2, 0.25) is 5.52 Å². The zero-order chi connectivity index (χ0) is 23.9. The smallest absolute Gasteiger partial charge is 0.343 e. The molecule has 0 amide bonds. The van der Waals surface area contributed by atoms with E-state index in [0.29, 0.717) is 11.1 Å². The number of rotatable bonds is 9. The molecule has 0 atom stereocenters. The first-order valence-corrected chi connectivity index (χ1v) is 12.0. The number of pyridine rings is 1. The molecule has 0 bridgehead atoms. The molecular formula is C30H31N2O2+. The first kappa shape index (κ1) is 23.3. The van der Waals surface area contributed by atoms with Crippen molar-refractivity contribution in [3.63, 3.8) is 0 Å². The van der Waals surface area contributed by atoms with Gasteiger partial charge in [0, 0.05) is 55.2 Å². The lowest BCUT2D eigenvalue weighted by Gasteiger charge is -2.20. The summed E-state index contributed by atoms with van der Waals surface area (Å²) in [6, 6.07) is 18.4. The lowest BCUT2D eigenvalue weighted by Crippen LogP contribution is -2.34. The molecule has 0 N–H and O–H groups in total. The number of hydrogen-bond acceptors (Lipinski definition) is 3. The number of unbranched alkanes of at least 4 members (excludes halogenated alkanes) is 2. The van der Waals surface area contributed by atoms with Gasteiger partial charge in [-0.25, -0.2) is 4.79 Å². The summed E-state index contributed by atoms with van der Waals surface area (Å²) in [5, 5.41) is 2.06. The Balaban J connectivity index is 1.64. The number of para-hydroxylation sites is 1. The summed E-state index contributed by atoms with van der Waals surface area (Å²) < 4.78 is 7.95. The molecule has 4 aromatic rings. The van der Waals surface area contributed by atoms with E-state index in [-0.39, 0.29) is 5.63 Å². The topological polar surface area (TPSA) is 37.3 Å². The average molecular weight is 452 g/mol. The maximum absolute atomic E-state index is 12.7. The number of aryl methyl sites for hydroxylation is 1. The quantitative estimate of drug-likeness (QED) is 0.134. The molecule has 4 nitrogen and oxygen atoms in total. The zero-order valence-electron chi connectivity index (χ0n) is 20.0. The largest absolute Gasteiger partial charge is 0.422 e. The molecule has 172 valence electrons. The van der Waals surface area contributed by atoms with Gasteiger partial charge >= 0.3 is 5.63 Å². The van der Waals surface area contributed by atoms with Crippen LogP contribution in [0, 0.1) is 12.3 Å². The molecule has 0 spiro atoms. The van der Waals surface area contributed by atoms with Crippen molar-refractivity contribution in [1.82, 2.24) is 0 Å². The number of nitrogens with zero attached hydrogens (tertiary/aromatic N) is 2. The number of benzene rings is 2. The summed E-state index contributed by atoms with van der Waals surface area (Å²) in [4.78, 5) is 14.9. The van der Waals surface area contributed by atoms with E-state index in [0.717, 1.165) is 60.9 Å². The minimum atomic E-state index is -0.329. The standard InChI is InChI=1S/C30H31N2O2/c1-4-7-8-11-19-32-20-18-23(27-12-9-10-13-28(27)32)14-15-25-21-24-16-17-26(31(5-2)6-3)22-29(24)34-30(25)33/h1,9-10,12-18,20-22H,5-8,11,19H2,2-3H3/q+1. The van der Waals surface area contributed by atoms with Gasteiger partial charge in [-0.15, -0.1) is 12.3 Å². The summed E-state index contributed by atoms with van der Waals surface area (Å²) in [5.74, 6) is 2.71. The van der Waals surface area contributed by atoms with Gasteiger partial charge in [0.05, 0.1) is 10.9 Å². The van der Waals surface area contributed by atoms with Crippen molar-refractivity contribution in [3.05, 3.63) is 82.3 Å². The molecular weight excluding hydrogens is 420 g/mol. The highest BCUT2D eigenvalue weighted by Gasteiger charge is 2.11. The zero-order valence-corrected chi connectivity index (χ0v) is 20.0. The molecule has 2 aromatic heterocycles. The molecule has 0 unspecified atom stereocenters. The van der Waals surface area contributed by atoms with E-state index < -0.39 is 0 Å². The van der Waals surface area contributed by atoms with Crippen LogP contribution in [0.25, 0.3) is 34.0 Å². The molecule has 0 saturated heterocycles. The van der Waals surface area contributed by atoms with Crippen molar-refractivity contribution < 1.29 is 8.98 Å². The van der Waals surface area contributed by atoms with Crippen molar-refractivity contribution in [3.8, 4) is 12.3 Å². The summed E-state index contributed by atoms with van der Waals surface area (Å²) >= 11 is 0. The molecule has 0 saturated carbocycles. The number of aromatic nitrogens is 1. The fraction of sp³-hybridized carbons (Fsp3) is 0.267. The van der Waals surface area contributed by atoms with Crippen LogP contribution in [0.15, 0.2) is 70.0 Å². The first-order chi connectivity index (χ1) is 16.6. The SMILES string of the molecule is C#CCCCC[n+]1ccc(/C=C/c2cc3ccc(N(CC)CC)cc3oc2=O)c2ccccc21. The van der Waals surface area contributed by atoms with Crippen LogP contribution in [0.3, 0.4) is 0 Å². The number of terminal acetylenes is 1. The van der Waals surface area contributed by atoms with Gasteiger partial charge in [0.15, 0.2) is 6.20 Å². The molecule has 4 rings (SSSR count). The Hall–Kier alpha value is -3.84. The molecule has 0 fully saturated rings. The molecule has 0 aliphatic heterocycles. The average Bonchev–Trinajstić information content (AvgIpc) is 2.86. The van der Waals surface area contributed by atoms with Gasteiger partial charge in [-0.05, 0) is 56.2 Å². The minimum Gasteiger partial charge on any atom is -0.422 e. The predicted octanol–water partition coefficient (Wildman–Crippen LogP) is 6.05. The van der Waals surface area contributed by atoms with Crippen LogP contribution in [-0.4, -0.2) is 13.1 Å². The monoisotopic (exact) mass is 451 g/mol. The second kappa shape index (κ2) is 10.9. The summed E-state index contributed by atoms with van der Waals surface area (Å²) in [7, 11) is 0. The van der Waals surface area contributed by atoms with E-state index in [2.05, 4.69) is 65.8 Å². The van der Waals surface area contributed by atoms with E-state index in [4.69, 9.17) is 10.8 Å². The van der Waals surface area contributed by atoms with Gasteiger partial charge < -0.3 is 9.32 Å². The van der Waals surface area contributed by atoms with Crippen LogP contribution in [-0.2, 0) is 6.54 Å². The molecule has 4 heteroatoms. The lowest BCUT2D eigenvalue weighted by atomic mass is 10.1. The maximum Gasteiger partial charge on any atom is 0.343 e. The first-order valence-electron chi connectivity index (χ1n) is 12.0. The number of anilines is 1. The van der Waals surface area contributed by atoms with Crippen LogP contribution >= 0.6 is 0 Å². The highest BCUT2D eigenvalue weighted by Crippen LogP contribution is 2.23. The number of fused-ring (bicyclic) bond motifs is 2. The van der Waals surface area contributed by atoms with Crippen molar-refractivity contribution in [2.45, 2.75) is 39.7 Å². The molecule has 0 aliphatic carbocycles. The highest BCUT2D eigenvalue weighted by atomic mass is 16.4. The summed E-state index contributed by atoms with van der Waals surface area (Å²) in [5.41, 5.74) is 4.11. The highest BCUT2D eigenvalue weighted by molar-refractivity contribution is 5.89. The Labute approximate surface area is 201 Å². The Morgan fingerprint density at radius 1 is 1.00 bits per heavy atom. The third-order valence-corrected chi connectivity index (χ3v) is 6.25. The Kier molecular flexibility index (Phi) is 7.44. The summed E-state index contributed by atoms with van der Waals surface area (Å²) in [6.07, 6.45) is 14.2. The van der Waals surface area contributed by atoms with Crippen LogP contribution < -0.4 is 15.1 Å². The number of hydrogen-bond donors (Lipinski definition) is 0. The van der Waals surface area contributed by atoms with Gasteiger partial charge in [-0.1, -0.05) is 18.2 Å². The van der Waals surface area contributed by atoms with Crippen LogP contribution in [0.2, 0.25) is 0 Å².